The summed E-state index contributed by atoms with van der Waals surface area (Å²) in [5.41, 5.74) is 0. The fourth-order valence-electron chi connectivity index (χ4n) is 1.92. The maximum absolute atomic E-state index is 11.6. The molecule has 0 heterocycles. The molecule has 2 nitrogen and oxygen atoms in total. The molecular formula is C15H33BrNO+. The molecule has 0 unspecified atom stereocenters. The SMILES string of the molecule is Br.CCCCCCCCCCCC(=O)[N+](C)(C)C. The third-order valence-electron chi connectivity index (χ3n) is 3.24. The summed E-state index contributed by atoms with van der Waals surface area (Å²) >= 11 is 0. The monoisotopic (exact) mass is 322 g/mol. The molecule has 0 aliphatic rings. The zero-order chi connectivity index (χ0) is 13.1. The Bertz CT molecular complexity index is 199. The molecular weight excluding hydrogens is 290 g/mol. The molecule has 0 radical (unpaired) electrons. The highest BCUT2D eigenvalue weighted by atomic mass is 79.9. The molecule has 0 aliphatic carbocycles. The third kappa shape index (κ3) is 12.6. The number of carbonyl (C=O) groups excluding carboxylic acids is 1. The standard InChI is InChI=1S/C15H32NO.BrH/c1-5-6-7-8-9-10-11-12-13-14-15(17)16(2,3)4;/h5-14H2,1-4H3;1H/q+1;. The van der Waals surface area contributed by atoms with E-state index in [1.165, 1.54) is 51.4 Å². The van der Waals surface area contributed by atoms with Gasteiger partial charge in [-0.3, -0.25) is 4.48 Å². The second-order valence-electron chi connectivity index (χ2n) is 5.98. The molecule has 0 atom stereocenters. The normalized spacial score (nSPS) is 11.1. The Morgan fingerprint density at radius 2 is 1.17 bits per heavy atom. The molecule has 0 aromatic carbocycles. The van der Waals surface area contributed by atoms with Crippen molar-refractivity contribution in [3.8, 4) is 0 Å². The van der Waals surface area contributed by atoms with Gasteiger partial charge in [0.1, 0.15) is 0 Å². The van der Waals surface area contributed by atoms with Crippen LogP contribution in [-0.4, -0.2) is 31.5 Å². The van der Waals surface area contributed by atoms with Crippen LogP contribution in [0.15, 0.2) is 0 Å². The van der Waals surface area contributed by atoms with Crippen LogP contribution in [0.3, 0.4) is 0 Å². The number of halogens is 1. The van der Waals surface area contributed by atoms with Crippen LogP contribution in [0.4, 0.5) is 0 Å². The zero-order valence-electron chi connectivity index (χ0n) is 12.8. The molecule has 0 N–H and O–H groups in total. The molecule has 0 aromatic rings. The smallest absolute Gasteiger partial charge is 0.268 e. The lowest BCUT2D eigenvalue weighted by Gasteiger charge is -2.20. The van der Waals surface area contributed by atoms with Gasteiger partial charge < -0.3 is 0 Å². The predicted molar refractivity (Wildman–Crippen MR) is 85.2 cm³/mol. The molecule has 0 fully saturated rings. The van der Waals surface area contributed by atoms with Gasteiger partial charge in [-0.05, 0) is 6.42 Å². The number of rotatable bonds is 10. The van der Waals surface area contributed by atoms with Crippen LogP contribution >= 0.6 is 17.0 Å². The summed E-state index contributed by atoms with van der Waals surface area (Å²) in [4.78, 5) is 11.6. The van der Waals surface area contributed by atoms with Crippen molar-refractivity contribution in [3.63, 3.8) is 0 Å². The molecule has 1 amide bonds. The summed E-state index contributed by atoms with van der Waals surface area (Å²) in [6.07, 6.45) is 12.6. The van der Waals surface area contributed by atoms with Gasteiger partial charge in [-0.2, -0.15) is 0 Å². The number of quaternary nitrogens is 1. The number of amides is 1. The minimum Gasteiger partial charge on any atom is -0.268 e. The van der Waals surface area contributed by atoms with Gasteiger partial charge in [0.25, 0.3) is 0 Å². The van der Waals surface area contributed by atoms with Crippen LogP contribution in [0.2, 0.25) is 0 Å². The van der Waals surface area contributed by atoms with E-state index in [9.17, 15) is 4.79 Å². The number of carbonyl (C=O) groups is 1. The molecule has 110 valence electrons. The molecule has 0 bridgehead atoms. The lowest BCUT2D eigenvalue weighted by atomic mass is 10.1. The van der Waals surface area contributed by atoms with Crippen molar-refractivity contribution in [1.82, 2.24) is 0 Å². The second kappa shape index (κ2) is 12.2. The van der Waals surface area contributed by atoms with Gasteiger partial charge in [-0.25, -0.2) is 4.79 Å². The predicted octanol–water partition coefficient (Wildman–Crippen LogP) is 4.72. The molecule has 0 saturated heterocycles. The summed E-state index contributed by atoms with van der Waals surface area (Å²) < 4.78 is 0.469. The van der Waals surface area contributed by atoms with Crippen LogP contribution in [0.5, 0.6) is 0 Å². The summed E-state index contributed by atoms with van der Waals surface area (Å²) in [7, 11) is 5.86. The highest BCUT2D eigenvalue weighted by Crippen LogP contribution is 2.11. The summed E-state index contributed by atoms with van der Waals surface area (Å²) in [6, 6.07) is 0. The van der Waals surface area contributed by atoms with Crippen molar-refractivity contribution in [2.75, 3.05) is 21.1 Å². The largest absolute Gasteiger partial charge is 0.313 e. The molecule has 0 aliphatic heterocycles. The van der Waals surface area contributed by atoms with Gasteiger partial charge in [0, 0.05) is 0 Å². The molecule has 0 aromatic heterocycles. The Hall–Kier alpha value is 0.110. The van der Waals surface area contributed by atoms with Crippen molar-refractivity contribution >= 4 is 22.9 Å². The average Bonchev–Trinajstić information content (AvgIpc) is 2.25. The Kier molecular flexibility index (Phi) is 13.8. The highest BCUT2D eigenvalue weighted by Gasteiger charge is 2.18. The van der Waals surface area contributed by atoms with Crippen LogP contribution in [0, 0.1) is 0 Å². The first-order valence-corrected chi connectivity index (χ1v) is 7.33. The maximum atomic E-state index is 11.6. The lowest BCUT2D eigenvalue weighted by molar-refractivity contribution is -0.792. The first kappa shape index (κ1) is 20.4. The van der Waals surface area contributed by atoms with E-state index in [-0.39, 0.29) is 17.0 Å². The van der Waals surface area contributed by atoms with Crippen LogP contribution < -0.4 is 0 Å². The quantitative estimate of drug-likeness (QED) is 0.420. The van der Waals surface area contributed by atoms with Crippen molar-refractivity contribution in [3.05, 3.63) is 0 Å². The molecule has 18 heavy (non-hydrogen) atoms. The molecule has 0 rings (SSSR count). The summed E-state index contributed by atoms with van der Waals surface area (Å²) in [5.74, 6) is 0.355. The number of nitrogens with zero attached hydrogens (tertiary/aromatic N) is 1. The number of unbranched alkanes of at least 4 members (excludes halogenated alkanes) is 8. The van der Waals surface area contributed by atoms with Crippen molar-refractivity contribution in [2.45, 2.75) is 71.1 Å². The summed E-state index contributed by atoms with van der Waals surface area (Å²) in [5, 5.41) is 0. The van der Waals surface area contributed by atoms with E-state index in [1.54, 1.807) is 0 Å². The van der Waals surface area contributed by atoms with Crippen molar-refractivity contribution in [2.24, 2.45) is 0 Å². The van der Waals surface area contributed by atoms with Crippen molar-refractivity contribution < 1.29 is 9.28 Å². The Morgan fingerprint density at radius 1 is 0.778 bits per heavy atom. The van der Waals surface area contributed by atoms with Gasteiger partial charge in [0.05, 0.1) is 27.6 Å². The molecule has 0 spiro atoms. The Morgan fingerprint density at radius 3 is 1.56 bits per heavy atom. The fraction of sp³-hybridized carbons (Fsp3) is 0.933. The van der Waals surface area contributed by atoms with E-state index in [4.69, 9.17) is 0 Å². The second-order valence-corrected chi connectivity index (χ2v) is 5.98. The van der Waals surface area contributed by atoms with E-state index in [2.05, 4.69) is 6.92 Å². The topological polar surface area (TPSA) is 17.1 Å². The zero-order valence-corrected chi connectivity index (χ0v) is 14.5. The van der Waals surface area contributed by atoms with E-state index in [1.807, 2.05) is 21.1 Å². The van der Waals surface area contributed by atoms with E-state index < -0.39 is 0 Å². The van der Waals surface area contributed by atoms with E-state index in [0.29, 0.717) is 10.4 Å². The van der Waals surface area contributed by atoms with E-state index in [0.717, 1.165) is 12.8 Å². The average molecular weight is 323 g/mol. The van der Waals surface area contributed by atoms with Gasteiger partial charge >= 0.3 is 5.91 Å². The van der Waals surface area contributed by atoms with Crippen LogP contribution in [0.1, 0.15) is 71.1 Å². The number of hydrogen-bond donors (Lipinski definition) is 0. The van der Waals surface area contributed by atoms with E-state index >= 15 is 0 Å². The summed E-state index contributed by atoms with van der Waals surface area (Å²) in [6.45, 7) is 2.25. The first-order valence-electron chi connectivity index (χ1n) is 7.33. The van der Waals surface area contributed by atoms with Gasteiger partial charge in [0.15, 0.2) is 0 Å². The van der Waals surface area contributed by atoms with Crippen LogP contribution in [-0.2, 0) is 4.79 Å². The fourth-order valence-corrected chi connectivity index (χ4v) is 1.92. The van der Waals surface area contributed by atoms with Gasteiger partial charge in [-0.1, -0.05) is 58.3 Å². The minimum atomic E-state index is 0. The number of hydrogen-bond acceptors (Lipinski definition) is 1. The van der Waals surface area contributed by atoms with Crippen molar-refractivity contribution in [1.29, 1.82) is 0 Å². The van der Waals surface area contributed by atoms with Gasteiger partial charge in [-0.15, -0.1) is 17.0 Å². The minimum absolute atomic E-state index is 0. The lowest BCUT2D eigenvalue weighted by Crippen LogP contribution is -2.40. The van der Waals surface area contributed by atoms with Gasteiger partial charge in [0.2, 0.25) is 0 Å². The van der Waals surface area contributed by atoms with Crippen LogP contribution in [0.25, 0.3) is 0 Å². The highest BCUT2D eigenvalue weighted by molar-refractivity contribution is 8.93. The Balaban J connectivity index is 0. The molecule has 3 heteroatoms. The first-order chi connectivity index (χ1) is 7.98. The maximum Gasteiger partial charge on any atom is 0.313 e. The molecule has 0 saturated carbocycles. The third-order valence-corrected chi connectivity index (χ3v) is 3.24. The Labute approximate surface area is 124 Å².